The Hall–Kier alpha value is -2.60. The van der Waals surface area contributed by atoms with Crippen molar-refractivity contribution in [2.24, 2.45) is 5.92 Å². The Morgan fingerprint density at radius 1 is 0.710 bits per heavy atom. The highest BCUT2D eigenvalue weighted by atomic mass is 14.3. The Labute approximate surface area is 188 Å². The van der Waals surface area contributed by atoms with E-state index >= 15 is 0 Å². The fourth-order valence-electron chi connectivity index (χ4n) is 5.24. The highest BCUT2D eigenvalue weighted by molar-refractivity contribution is 5.79. The average molecular weight is 409 g/mol. The van der Waals surface area contributed by atoms with Crippen molar-refractivity contribution < 1.29 is 0 Å². The van der Waals surface area contributed by atoms with Gasteiger partial charge in [0.1, 0.15) is 0 Å². The van der Waals surface area contributed by atoms with Crippen LogP contribution in [0.5, 0.6) is 0 Å². The first kappa shape index (κ1) is 21.6. The molecular weight excluding hydrogens is 372 g/mol. The van der Waals surface area contributed by atoms with Crippen LogP contribution < -0.4 is 10.4 Å². The van der Waals surface area contributed by atoms with Crippen LogP contribution in [0.3, 0.4) is 0 Å². The molecule has 1 aliphatic rings. The van der Waals surface area contributed by atoms with Crippen LogP contribution in [0.1, 0.15) is 66.4 Å². The molecule has 0 nitrogen and oxygen atoms in total. The van der Waals surface area contributed by atoms with E-state index in [-0.39, 0.29) is 5.41 Å². The topological polar surface area (TPSA) is 0 Å². The van der Waals surface area contributed by atoms with Crippen molar-refractivity contribution >= 4 is 11.1 Å². The zero-order chi connectivity index (χ0) is 22.2. The van der Waals surface area contributed by atoms with E-state index in [1.165, 1.54) is 44.7 Å². The van der Waals surface area contributed by atoms with Crippen LogP contribution in [0.2, 0.25) is 0 Å². The van der Waals surface area contributed by atoms with Gasteiger partial charge in [0.05, 0.1) is 0 Å². The summed E-state index contributed by atoms with van der Waals surface area (Å²) < 4.78 is 0. The van der Waals surface area contributed by atoms with Crippen molar-refractivity contribution in [3.63, 3.8) is 0 Å². The van der Waals surface area contributed by atoms with Crippen molar-refractivity contribution in [2.75, 3.05) is 0 Å². The van der Waals surface area contributed by atoms with Gasteiger partial charge in [-0.25, -0.2) is 0 Å². The van der Waals surface area contributed by atoms with Gasteiger partial charge in [0.25, 0.3) is 0 Å². The van der Waals surface area contributed by atoms with Gasteiger partial charge >= 0.3 is 0 Å². The average Bonchev–Trinajstić information content (AvgIpc) is 2.78. The highest BCUT2D eigenvalue weighted by Crippen LogP contribution is 2.31. The zero-order valence-electron chi connectivity index (χ0n) is 20.0. The van der Waals surface area contributed by atoms with Gasteiger partial charge < -0.3 is 0 Å². The summed E-state index contributed by atoms with van der Waals surface area (Å²) in [7, 11) is 0. The molecule has 0 saturated heterocycles. The first-order valence-corrected chi connectivity index (χ1v) is 11.9. The van der Waals surface area contributed by atoms with Crippen LogP contribution in [-0.4, -0.2) is 0 Å². The van der Waals surface area contributed by atoms with E-state index < -0.39 is 0 Å². The van der Waals surface area contributed by atoms with E-state index in [4.69, 9.17) is 0 Å². The van der Waals surface area contributed by atoms with Gasteiger partial charge in [-0.05, 0) is 68.8 Å². The summed E-state index contributed by atoms with van der Waals surface area (Å²) in [6, 6.07) is 24.9. The molecular formula is C31H36. The normalized spacial score (nSPS) is 16.4. The molecule has 31 heavy (non-hydrogen) atoms. The predicted octanol–water partition coefficient (Wildman–Crippen LogP) is 7.48. The molecule has 1 aliphatic carbocycles. The molecule has 0 saturated carbocycles. The maximum atomic E-state index is 2.41. The third kappa shape index (κ3) is 4.01. The number of fused-ring (bicyclic) bond motifs is 1. The largest absolute Gasteiger partial charge is 0.0622 e. The Morgan fingerprint density at radius 2 is 1.29 bits per heavy atom. The minimum Gasteiger partial charge on any atom is -0.0622 e. The summed E-state index contributed by atoms with van der Waals surface area (Å²) in [5.41, 5.74) is 10.2. The van der Waals surface area contributed by atoms with Crippen LogP contribution in [0.4, 0.5) is 0 Å². The molecule has 3 aromatic rings. The van der Waals surface area contributed by atoms with Gasteiger partial charge in [-0.2, -0.15) is 0 Å². The maximum Gasteiger partial charge on any atom is -0.0105 e. The third-order valence-electron chi connectivity index (χ3n) is 6.98. The van der Waals surface area contributed by atoms with E-state index in [0.717, 1.165) is 12.8 Å². The molecule has 160 valence electrons. The SMILES string of the molecule is CCC1=c2c(-c3ccc(C(C)(C)C)cc3)ccc(-c3ccccc3)c2=C(CC)C(C)C1. The summed E-state index contributed by atoms with van der Waals surface area (Å²) in [4.78, 5) is 0. The monoisotopic (exact) mass is 408 g/mol. The smallest absolute Gasteiger partial charge is 0.0105 e. The van der Waals surface area contributed by atoms with Crippen molar-refractivity contribution in [3.8, 4) is 22.3 Å². The van der Waals surface area contributed by atoms with Crippen LogP contribution in [-0.2, 0) is 5.41 Å². The van der Waals surface area contributed by atoms with Gasteiger partial charge in [-0.15, -0.1) is 0 Å². The minimum absolute atomic E-state index is 0.175. The lowest BCUT2D eigenvalue weighted by atomic mass is 9.79. The molecule has 0 bridgehead atoms. The summed E-state index contributed by atoms with van der Waals surface area (Å²) in [6.07, 6.45) is 3.40. The van der Waals surface area contributed by atoms with Crippen LogP contribution in [0, 0.1) is 5.92 Å². The van der Waals surface area contributed by atoms with Gasteiger partial charge in [-0.1, -0.05) is 119 Å². The van der Waals surface area contributed by atoms with Crippen LogP contribution >= 0.6 is 0 Å². The van der Waals surface area contributed by atoms with E-state index in [2.05, 4.69) is 108 Å². The second-order valence-corrected chi connectivity index (χ2v) is 10.0. The molecule has 3 aromatic carbocycles. The van der Waals surface area contributed by atoms with E-state index in [1.807, 2.05) is 0 Å². The summed E-state index contributed by atoms with van der Waals surface area (Å²) in [5, 5.41) is 3.00. The van der Waals surface area contributed by atoms with Gasteiger partial charge in [0, 0.05) is 0 Å². The number of hydrogen-bond acceptors (Lipinski definition) is 0. The Bertz CT molecular complexity index is 1190. The standard InChI is InChI=1S/C31H36/c1-7-22-20-21(3)26(8-2)30-28(23-12-10-9-11-13-23)19-18-27(29(22)30)24-14-16-25(17-15-24)31(4,5)6/h9-19,21H,7-8,20H2,1-6H3. The molecule has 0 amide bonds. The zero-order valence-corrected chi connectivity index (χ0v) is 20.0. The van der Waals surface area contributed by atoms with Crippen molar-refractivity contribution in [1.29, 1.82) is 0 Å². The molecule has 1 atom stereocenters. The Morgan fingerprint density at radius 3 is 1.84 bits per heavy atom. The first-order chi connectivity index (χ1) is 14.8. The molecule has 0 spiro atoms. The molecule has 0 fully saturated rings. The maximum absolute atomic E-state index is 2.41. The molecule has 0 heteroatoms. The highest BCUT2D eigenvalue weighted by Gasteiger charge is 2.21. The van der Waals surface area contributed by atoms with Gasteiger partial charge in [-0.3, -0.25) is 0 Å². The molecule has 0 aromatic heterocycles. The summed E-state index contributed by atoms with van der Waals surface area (Å²) in [5.74, 6) is 0.605. The minimum atomic E-state index is 0.175. The Kier molecular flexibility index (Phi) is 5.93. The quantitative estimate of drug-likeness (QED) is 0.420. The molecule has 0 aliphatic heterocycles. The molecule has 1 unspecified atom stereocenters. The van der Waals surface area contributed by atoms with E-state index in [0.29, 0.717) is 5.92 Å². The molecule has 0 heterocycles. The van der Waals surface area contributed by atoms with Crippen molar-refractivity contribution in [1.82, 2.24) is 0 Å². The van der Waals surface area contributed by atoms with Crippen molar-refractivity contribution in [3.05, 3.63) is 82.7 Å². The molecule has 0 radical (unpaired) electrons. The van der Waals surface area contributed by atoms with E-state index in [1.54, 1.807) is 11.1 Å². The van der Waals surface area contributed by atoms with Gasteiger partial charge in [0.15, 0.2) is 0 Å². The third-order valence-corrected chi connectivity index (χ3v) is 6.98. The second kappa shape index (κ2) is 8.50. The molecule has 0 N–H and O–H groups in total. The predicted molar refractivity (Wildman–Crippen MR) is 136 cm³/mol. The Balaban J connectivity index is 2.07. The van der Waals surface area contributed by atoms with Gasteiger partial charge in [0.2, 0.25) is 0 Å². The summed E-state index contributed by atoms with van der Waals surface area (Å²) >= 11 is 0. The fourth-order valence-corrected chi connectivity index (χ4v) is 5.24. The molecule has 4 rings (SSSR count). The van der Waals surface area contributed by atoms with Crippen molar-refractivity contribution in [2.45, 2.75) is 66.2 Å². The van der Waals surface area contributed by atoms with Crippen LogP contribution in [0.15, 0.2) is 66.7 Å². The lowest BCUT2D eigenvalue weighted by molar-refractivity contribution is 0.590. The lowest BCUT2D eigenvalue weighted by Gasteiger charge is -2.26. The second-order valence-electron chi connectivity index (χ2n) is 10.0. The number of hydrogen-bond donors (Lipinski definition) is 0. The number of benzene rings is 3. The number of rotatable bonds is 4. The first-order valence-electron chi connectivity index (χ1n) is 11.9. The van der Waals surface area contributed by atoms with E-state index in [9.17, 15) is 0 Å². The van der Waals surface area contributed by atoms with Crippen LogP contribution in [0.25, 0.3) is 33.4 Å². The fraction of sp³-hybridized carbons (Fsp3) is 0.355. The lowest BCUT2D eigenvalue weighted by Crippen LogP contribution is -2.38. The summed E-state index contributed by atoms with van der Waals surface area (Å²) in [6.45, 7) is 13.9.